The van der Waals surface area contributed by atoms with E-state index >= 15 is 0 Å². The average Bonchev–Trinajstić information content (AvgIpc) is 2.83. The first-order chi connectivity index (χ1) is 17.3. The summed E-state index contributed by atoms with van der Waals surface area (Å²) in [7, 11) is -2.56. The van der Waals surface area contributed by atoms with E-state index in [1.165, 1.54) is 24.1 Å². The number of anilines is 1. The second-order valence-electron chi connectivity index (χ2n) is 8.60. The number of hydrogen-bond donors (Lipinski definition) is 1. The number of ether oxygens (including phenoxy) is 1. The first-order valence-electron chi connectivity index (χ1n) is 11.7. The van der Waals surface area contributed by atoms with Gasteiger partial charge in [-0.1, -0.05) is 54.7 Å². The Morgan fingerprint density at radius 1 is 1.03 bits per heavy atom. The molecule has 0 aliphatic carbocycles. The molecule has 8 nitrogen and oxygen atoms in total. The van der Waals surface area contributed by atoms with Gasteiger partial charge in [0.1, 0.15) is 18.3 Å². The van der Waals surface area contributed by atoms with Crippen LogP contribution in [0, 0.1) is 0 Å². The van der Waals surface area contributed by atoms with E-state index in [4.69, 9.17) is 39.5 Å². The number of sulfonamides is 1. The van der Waals surface area contributed by atoms with Crippen LogP contribution in [0.25, 0.3) is 0 Å². The quantitative estimate of drug-likeness (QED) is 0.368. The molecule has 2 unspecified atom stereocenters. The number of nitrogens with one attached hydrogen (secondary N) is 1. The first-order valence-corrected chi connectivity index (χ1v) is 14.7. The summed E-state index contributed by atoms with van der Waals surface area (Å²) >= 11 is 18.4. The summed E-state index contributed by atoms with van der Waals surface area (Å²) in [5.74, 6) is -0.707. The lowest BCUT2D eigenvalue weighted by atomic mass is 10.1. The van der Waals surface area contributed by atoms with Crippen LogP contribution in [-0.4, -0.2) is 57.1 Å². The van der Waals surface area contributed by atoms with Gasteiger partial charge >= 0.3 is 0 Å². The smallest absolute Gasteiger partial charge is 0.244 e. The molecule has 0 spiro atoms. The minimum absolute atomic E-state index is 0.00639. The van der Waals surface area contributed by atoms with Crippen molar-refractivity contribution in [2.45, 2.75) is 52.2 Å². The van der Waals surface area contributed by atoms with E-state index in [-0.39, 0.29) is 35.0 Å². The zero-order valence-electron chi connectivity index (χ0n) is 21.4. The van der Waals surface area contributed by atoms with Gasteiger partial charge in [-0.2, -0.15) is 0 Å². The highest BCUT2D eigenvalue weighted by molar-refractivity contribution is 7.92. The van der Waals surface area contributed by atoms with Gasteiger partial charge in [0, 0.05) is 17.6 Å². The third-order valence-electron chi connectivity index (χ3n) is 5.81. The van der Waals surface area contributed by atoms with E-state index < -0.39 is 28.5 Å². The van der Waals surface area contributed by atoms with E-state index in [1.807, 2.05) is 13.8 Å². The fourth-order valence-electron chi connectivity index (χ4n) is 3.65. The molecule has 2 aromatic rings. The van der Waals surface area contributed by atoms with E-state index in [0.717, 1.165) is 10.6 Å². The Kier molecular flexibility index (Phi) is 11.4. The zero-order chi connectivity index (χ0) is 27.9. The lowest BCUT2D eigenvalue weighted by Gasteiger charge is -2.33. The van der Waals surface area contributed by atoms with Crippen LogP contribution in [0.3, 0.4) is 0 Å². The molecule has 0 aromatic heterocycles. The van der Waals surface area contributed by atoms with Crippen molar-refractivity contribution in [3.05, 3.63) is 57.0 Å². The van der Waals surface area contributed by atoms with Crippen LogP contribution in [0.1, 0.15) is 39.2 Å². The van der Waals surface area contributed by atoms with Crippen LogP contribution >= 0.6 is 34.8 Å². The lowest BCUT2D eigenvalue weighted by molar-refractivity contribution is -0.140. The van der Waals surface area contributed by atoms with Crippen LogP contribution < -0.4 is 14.4 Å². The molecule has 0 bridgehead atoms. The van der Waals surface area contributed by atoms with Gasteiger partial charge in [0.2, 0.25) is 21.8 Å². The van der Waals surface area contributed by atoms with E-state index in [9.17, 15) is 18.0 Å². The molecule has 1 N–H and O–H groups in total. The molecule has 2 amide bonds. The van der Waals surface area contributed by atoms with Crippen molar-refractivity contribution in [3.63, 3.8) is 0 Å². The van der Waals surface area contributed by atoms with Crippen LogP contribution in [0.15, 0.2) is 36.4 Å². The molecule has 2 aromatic carbocycles. The number of methoxy groups -OCH3 is 1. The number of carbonyl (C=O) groups is 2. The number of halogens is 3. The third-order valence-corrected chi connectivity index (χ3v) is 7.91. The zero-order valence-corrected chi connectivity index (χ0v) is 24.5. The summed E-state index contributed by atoms with van der Waals surface area (Å²) in [4.78, 5) is 28.3. The number of amides is 2. The number of hydrogen-bond acceptors (Lipinski definition) is 5. The summed E-state index contributed by atoms with van der Waals surface area (Å²) in [6, 6.07) is 8.41. The minimum atomic E-state index is -3.95. The van der Waals surface area contributed by atoms with Gasteiger partial charge in [0.05, 0.1) is 29.1 Å². The van der Waals surface area contributed by atoms with Crippen molar-refractivity contribution < 1.29 is 22.7 Å². The molecule has 2 rings (SSSR count). The molecule has 0 aliphatic rings. The molecule has 0 aliphatic heterocycles. The Morgan fingerprint density at radius 2 is 1.70 bits per heavy atom. The Labute approximate surface area is 233 Å². The van der Waals surface area contributed by atoms with Gasteiger partial charge in [-0.15, -0.1) is 0 Å². The molecular formula is C25H32Cl3N3O5S. The maximum absolute atomic E-state index is 13.8. The Bertz CT molecular complexity index is 1230. The monoisotopic (exact) mass is 591 g/mol. The highest BCUT2D eigenvalue weighted by atomic mass is 35.5. The van der Waals surface area contributed by atoms with Gasteiger partial charge in [0.25, 0.3) is 0 Å². The van der Waals surface area contributed by atoms with Crippen LogP contribution in [-0.2, 0) is 26.2 Å². The number of rotatable bonds is 12. The normalized spacial score (nSPS) is 13.0. The molecule has 0 saturated heterocycles. The number of nitrogens with zero attached hydrogens (tertiary/aromatic N) is 2. The molecule has 12 heteroatoms. The predicted octanol–water partition coefficient (Wildman–Crippen LogP) is 5.14. The number of carbonyl (C=O) groups excluding carboxylic acids is 2. The fourth-order valence-corrected chi connectivity index (χ4v) is 4.98. The highest BCUT2D eigenvalue weighted by Gasteiger charge is 2.33. The van der Waals surface area contributed by atoms with Gasteiger partial charge < -0.3 is 15.0 Å². The summed E-state index contributed by atoms with van der Waals surface area (Å²) in [5, 5.41) is 3.83. The van der Waals surface area contributed by atoms with Gasteiger partial charge in [-0.3, -0.25) is 13.9 Å². The van der Waals surface area contributed by atoms with Crippen molar-refractivity contribution in [1.29, 1.82) is 0 Å². The van der Waals surface area contributed by atoms with E-state index in [1.54, 1.807) is 31.2 Å². The summed E-state index contributed by atoms with van der Waals surface area (Å²) in [6.07, 6.45) is 1.99. The topological polar surface area (TPSA) is 96.0 Å². The van der Waals surface area contributed by atoms with Crippen LogP contribution in [0.5, 0.6) is 5.75 Å². The van der Waals surface area contributed by atoms with Crippen molar-refractivity contribution in [2.75, 3.05) is 24.2 Å². The second-order valence-corrected chi connectivity index (χ2v) is 11.8. The average molecular weight is 593 g/mol. The molecule has 37 heavy (non-hydrogen) atoms. The van der Waals surface area contributed by atoms with Crippen molar-refractivity contribution >= 4 is 62.3 Å². The summed E-state index contributed by atoms with van der Waals surface area (Å²) in [5.41, 5.74) is 0.737. The largest absolute Gasteiger partial charge is 0.495 e. The Hall–Kier alpha value is -2.20. The molecule has 2 atom stereocenters. The van der Waals surface area contributed by atoms with Crippen molar-refractivity contribution in [1.82, 2.24) is 10.2 Å². The van der Waals surface area contributed by atoms with E-state index in [2.05, 4.69) is 5.32 Å². The maximum atomic E-state index is 13.8. The van der Waals surface area contributed by atoms with E-state index in [0.29, 0.717) is 28.5 Å². The van der Waals surface area contributed by atoms with Gasteiger partial charge in [-0.25, -0.2) is 8.42 Å². The maximum Gasteiger partial charge on any atom is 0.244 e. The predicted molar refractivity (Wildman–Crippen MR) is 149 cm³/mol. The Morgan fingerprint density at radius 3 is 2.24 bits per heavy atom. The number of benzene rings is 2. The first kappa shape index (κ1) is 31.0. The van der Waals surface area contributed by atoms with Gasteiger partial charge in [-0.05, 0) is 55.7 Å². The Balaban J connectivity index is 2.53. The van der Waals surface area contributed by atoms with Crippen molar-refractivity contribution in [2.24, 2.45) is 0 Å². The molecule has 0 fully saturated rings. The highest BCUT2D eigenvalue weighted by Crippen LogP contribution is 2.33. The lowest BCUT2D eigenvalue weighted by Crippen LogP contribution is -2.53. The summed E-state index contributed by atoms with van der Waals surface area (Å²) in [6.45, 7) is 5.01. The SMILES string of the molecule is CCC(C)NC(=O)C(CC)N(Cc1ccc(Cl)c(Cl)c1)C(=O)CN(c1cc(Cl)ccc1OC)S(C)(=O)=O. The second kappa shape index (κ2) is 13.6. The molecule has 204 valence electrons. The molecule has 0 heterocycles. The molecule has 0 radical (unpaired) electrons. The molecular weight excluding hydrogens is 561 g/mol. The van der Waals surface area contributed by atoms with Gasteiger partial charge in [0.15, 0.2) is 0 Å². The summed E-state index contributed by atoms with van der Waals surface area (Å²) < 4.78 is 31.9. The fraction of sp³-hybridized carbons (Fsp3) is 0.440. The molecule has 0 saturated carbocycles. The van der Waals surface area contributed by atoms with Crippen LogP contribution in [0.4, 0.5) is 5.69 Å². The standard InChI is InChI=1S/C25H32Cl3N3O5S/c1-6-16(3)29-25(33)21(7-2)30(14-17-8-10-19(27)20(28)12-17)24(32)15-31(37(5,34)35)22-13-18(26)9-11-23(22)36-4/h8-13,16,21H,6-7,14-15H2,1-5H3,(H,29,33). The van der Waals surface area contributed by atoms with Crippen molar-refractivity contribution in [3.8, 4) is 5.75 Å². The minimum Gasteiger partial charge on any atom is -0.495 e. The third kappa shape index (κ3) is 8.40. The van der Waals surface area contributed by atoms with Crippen LogP contribution in [0.2, 0.25) is 15.1 Å².